The van der Waals surface area contributed by atoms with Crippen LogP contribution in [0.5, 0.6) is 11.5 Å². The fourth-order valence-corrected chi connectivity index (χ4v) is 2.13. The Morgan fingerprint density at radius 3 is 2.48 bits per heavy atom. The van der Waals surface area contributed by atoms with Gasteiger partial charge in [-0.15, -0.1) is 24.8 Å². The fourth-order valence-electron chi connectivity index (χ4n) is 2.01. The minimum Gasteiger partial charge on any atom is -0.490 e. The molecule has 0 aliphatic rings. The van der Waals surface area contributed by atoms with Gasteiger partial charge in [0.1, 0.15) is 11.8 Å². The van der Waals surface area contributed by atoms with E-state index in [0.717, 1.165) is 11.1 Å². The zero-order valence-corrected chi connectivity index (χ0v) is 16.3. The van der Waals surface area contributed by atoms with E-state index in [4.69, 9.17) is 26.2 Å². The Morgan fingerprint density at radius 1 is 1.08 bits per heavy atom. The Balaban J connectivity index is 0.00000288. The molecule has 0 bridgehead atoms. The molecule has 0 radical (unpaired) electrons. The molecule has 5 nitrogen and oxygen atoms in total. The number of nitrogens with one attached hydrogen (secondary N) is 1. The van der Waals surface area contributed by atoms with Gasteiger partial charge < -0.3 is 19.9 Å². The summed E-state index contributed by atoms with van der Waals surface area (Å²) in [4.78, 5) is 4.03. The Morgan fingerprint density at radius 2 is 1.84 bits per heavy atom. The normalized spacial score (nSPS) is 9.72. The van der Waals surface area contributed by atoms with Crippen LogP contribution in [0.3, 0.4) is 0 Å². The average molecular weight is 410 g/mol. The summed E-state index contributed by atoms with van der Waals surface area (Å²) in [6.45, 7) is 4.24. The molecule has 0 amide bonds. The second kappa shape index (κ2) is 13.0. The van der Waals surface area contributed by atoms with E-state index >= 15 is 0 Å². The lowest BCUT2D eigenvalue weighted by atomic mass is 10.2. The van der Waals surface area contributed by atoms with Gasteiger partial charge in [0, 0.05) is 24.8 Å². The molecule has 0 fully saturated rings. The number of aliphatic hydroxyl groups is 1. The van der Waals surface area contributed by atoms with Gasteiger partial charge in [-0.05, 0) is 30.7 Å². The van der Waals surface area contributed by atoms with Crippen molar-refractivity contribution in [3.05, 3.63) is 52.8 Å². The largest absolute Gasteiger partial charge is 0.490 e. The van der Waals surface area contributed by atoms with E-state index in [0.29, 0.717) is 43.0 Å². The number of ether oxygens (including phenoxy) is 2. The molecule has 140 valence electrons. The van der Waals surface area contributed by atoms with Crippen LogP contribution in [0.15, 0.2) is 36.5 Å². The third kappa shape index (κ3) is 8.12. The molecule has 2 N–H and O–H groups in total. The van der Waals surface area contributed by atoms with Crippen molar-refractivity contribution in [3.63, 3.8) is 0 Å². The van der Waals surface area contributed by atoms with Gasteiger partial charge in [0.2, 0.25) is 0 Å². The third-order valence-electron chi connectivity index (χ3n) is 3.11. The van der Waals surface area contributed by atoms with Gasteiger partial charge >= 0.3 is 0 Å². The minimum absolute atomic E-state index is 0. The number of hydrogen-bond acceptors (Lipinski definition) is 5. The number of halogens is 3. The first-order valence-corrected chi connectivity index (χ1v) is 7.91. The smallest absolute Gasteiger partial charge is 0.161 e. The standard InChI is InChI=1S/C17H21ClN2O3.2ClH/c1-2-22-16-9-13(10-19-7-8-21)3-5-15(16)23-12-14-4-6-17(18)20-11-14;;/h3-6,9,11,19,21H,2,7-8,10,12H2,1H3;2*1H. The number of rotatable bonds is 9. The van der Waals surface area contributed by atoms with Crippen molar-refractivity contribution in [2.45, 2.75) is 20.1 Å². The molecule has 0 saturated heterocycles. The van der Waals surface area contributed by atoms with Crippen LogP contribution in [0.4, 0.5) is 0 Å². The lowest BCUT2D eigenvalue weighted by molar-refractivity contribution is 0.268. The van der Waals surface area contributed by atoms with E-state index in [1.54, 1.807) is 12.3 Å². The predicted molar refractivity (Wildman–Crippen MR) is 104 cm³/mol. The van der Waals surface area contributed by atoms with Crippen molar-refractivity contribution in [2.24, 2.45) is 0 Å². The molecule has 1 heterocycles. The maximum atomic E-state index is 8.80. The molecule has 0 aliphatic heterocycles. The molecule has 8 heteroatoms. The van der Waals surface area contributed by atoms with Crippen molar-refractivity contribution < 1.29 is 14.6 Å². The second-order valence-electron chi connectivity index (χ2n) is 4.89. The number of aromatic nitrogens is 1. The second-order valence-corrected chi connectivity index (χ2v) is 5.28. The van der Waals surface area contributed by atoms with Gasteiger partial charge in [0.05, 0.1) is 13.2 Å². The van der Waals surface area contributed by atoms with E-state index < -0.39 is 0 Å². The SMILES string of the molecule is CCOc1cc(CNCCO)ccc1OCc1ccc(Cl)nc1.Cl.Cl. The summed E-state index contributed by atoms with van der Waals surface area (Å²) in [5.74, 6) is 1.39. The van der Waals surface area contributed by atoms with Gasteiger partial charge in [0.25, 0.3) is 0 Å². The maximum absolute atomic E-state index is 8.80. The Labute approximate surface area is 165 Å². The highest BCUT2D eigenvalue weighted by Gasteiger charge is 2.07. The van der Waals surface area contributed by atoms with Gasteiger partial charge in [-0.25, -0.2) is 4.98 Å². The number of pyridine rings is 1. The highest BCUT2D eigenvalue weighted by molar-refractivity contribution is 6.29. The van der Waals surface area contributed by atoms with E-state index in [1.807, 2.05) is 31.2 Å². The van der Waals surface area contributed by atoms with Crippen molar-refractivity contribution in [3.8, 4) is 11.5 Å². The molecular formula is C17H23Cl3N2O3. The summed E-state index contributed by atoms with van der Waals surface area (Å²) >= 11 is 5.77. The van der Waals surface area contributed by atoms with Crippen LogP contribution in [0.1, 0.15) is 18.1 Å². The minimum atomic E-state index is 0. The van der Waals surface area contributed by atoms with Gasteiger partial charge in [-0.3, -0.25) is 0 Å². The summed E-state index contributed by atoms with van der Waals surface area (Å²) in [7, 11) is 0. The quantitative estimate of drug-likeness (QED) is 0.489. The van der Waals surface area contributed by atoms with Crippen LogP contribution in [-0.4, -0.2) is 29.8 Å². The molecular weight excluding hydrogens is 387 g/mol. The number of nitrogens with zero attached hydrogens (tertiary/aromatic N) is 1. The van der Waals surface area contributed by atoms with E-state index in [-0.39, 0.29) is 31.4 Å². The predicted octanol–water partition coefficient (Wildman–Crippen LogP) is 3.64. The monoisotopic (exact) mass is 408 g/mol. The van der Waals surface area contributed by atoms with Crippen LogP contribution in [-0.2, 0) is 13.2 Å². The van der Waals surface area contributed by atoms with Gasteiger partial charge in [-0.1, -0.05) is 23.7 Å². The molecule has 0 unspecified atom stereocenters. The van der Waals surface area contributed by atoms with Crippen molar-refractivity contribution in [1.29, 1.82) is 0 Å². The topological polar surface area (TPSA) is 63.6 Å². The number of aliphatic hydroxyl groups excluding tert-OH is 1. The van der Waals surface area contributed by atoms with E-state index in [9.17, 15) is 0 Å². The lowest BCUT2D eigenvalue weighted by Crippen LogP contribution is -2.17. The first-order valence-electron chi connectivity index (χ1n) is 7.53. The summed E-state index contributed by atoms with van der Waals surface area (Å²) in [6.07, 6.45) is 1.69. The molecule has 0 aliphatic carbocycles. The Bertz CT molecular complexity index is 613. The van der Waals surface area contributed by atoms with Crippen LogP contribution >= 0.6 is 36.4 Å². The maximum Gasteiger partial charge on any atom is 0.161 e. The van der Waals surface area contributed by atoms with E-state index in [2.05, 4.69) is 10.3 Å². The summed E-state index contributed by atoms with van der Waals surface area (Å²) in [6, 6.07) is 9.43. The fraction of sp³-hybridized carbons (Fsp3) is 0.353. The van der Waals surface area contributed by atoms with Crippen LogP contribution < -0.4 is 14.8 Å². The molecule has 0 atom stereocenters. The van der Waals surface area contributed by atoms with Crippen LogP contribution in [0.25, 0.3) is 0 Å². The molecule has 2 aromatic rings. The summed E-state index contributed by atoms with van der Waals surface area (Å²) < 4.78 is 11.5. The summed E-state index contributed by atoms with van der Waals surface area (Å²) in [5, 5.41) is 12.4. The highest BCUT2D eigenvalue weighted by Crippen LogP contribution is 2.29. The molecule has 25 heavy (non-hydrogen) atoms. The van der Waals surface area contributed by atoms with Crippen molar-refractivity contribution >= 4 is 36.4 Å². The van der Waals surface area contributed by atoms with Gasteiger partial charge in [0.15, 0.2) is 11.5 Å². The zero-order valence-electron chi connectivity index (χ0n) is 13.9. The van der Waals surface area contributed by atoms with Crippen LogP contribution in [0.2, 0.25) is 5.15 Å². The number of hydrogen-bond donors (Lipinski definition) is 2. The van der Waals surface area contributed by atoms with E-state index in [1.165, 1.54) is 0 Å². The Kier molecular flexibility index (Phi) is 12.4. The van der Waals surface area contributed by atoms with Crippen LogP contribution in [0, 0.1) is 0 Å². The van der Waals surface area contributed by atoms with Gasteiger partial charge in [-0.2, -0.15) is 0 Å². The summed E-state index contributed by atoms with van der Waals surface area (Å²) in [5.41, 5.74) is 2.01. The Hall–Kier alpha value is -1.24. The average Bonchev–Trinajstić information content (AvgIpc) is 2.56. The molecule has 0 spiro atoms. The first-order chi connectivity index (χ1) is 11.2. The molecule has 1 aromatic heterocycles. The number of benzene rings is 1. The first kappa shape index (κ1) is 23.8. The molecule has 2 rings (SSSR count). The van der Waals surface area contributed by atoms with Crippen molar-refractivity contribution in [1.82, 2.24) is 10.3 Å². The zero-order chi connectivity index (χ0) is 16.5. The lowest BCUT2D eigenvalue weighted by Gasteiger charge is -2.14. The molecule has 1 aromatic carbocycles. The highest BCUT2D eigenvalue weighted by atomic mass is 35.5. The van der Waals surface area contributed by atoms with Crippen molar-refractivity contribution in [2.75, 3.05) is 19.8 Å². The third-order valence-corrected chi connectivity index (χ3v) is 3.33. The molecule has 0 saturated carbocycles.